The number of nitrogens with zero attached hydrogens (tertiary/aromatic N) is 3. The molecule has 1 saturated heterocycles. The van der Waals surface area contributed by atoms with Gasteiger partial charge in [0.2, 0.25) is 0 Å². The van der Waals surface area contributed by atoms with Crippen molar-refractivity contribution in [2.45, 2.75) is 58.7 Å². The third kappa shape index (κ3) is 3.71. The topological polar surface area (TPSA) is 39.6 Å². The lowest BCUT2D eigenvalue weighted by Gasteiger charge is -2.37. The van der Waals surface area contributed by atoms with Gasteiger partial charge in [0, 0.05) is 36.8 Å². The van der Waals surface area contributed by atoms with Crippen molar-refractivity contribution in [1.82, 2.24) is 9.88 Å². The van der Waals surface area contributed by atoms with Gasteiger partial charge >= 0.3 is 0 Å². The Morgan fingerprint density at radius 2 is 2.20 bits per heavy atom. The van der Waals surface area contributed by atoms with Crippen LogP contribution in [0.25, 0.3) is 0 Å². The number of aromatic nitrogens is 1. The third-order valence-corrected chi connectivity index (χ3v) is 5.20. The molecule has 0 bridgehead atoms. The van der Waals surface area contributed by atoms with E-state index >= 15 is 0 Å². The molecule has 1 N–H and O–H groups in total. The highest BCUT2D eigenvalue weighted by Gasteiger charge is 2.26. The minimum atomic E-state index is -0.245. The summed E-state index contributed by atoms with van der Waals surface area (Å²) in [5.41, 5.74) is 0. The normalized spacial score (nSPS) is 21.9. The first-order valence-corrected chi connectivity index (χ1v) is 8.59. The maximum absolute atomic E-state index is 9.93. The van der Waals surface area contributed by atoms with Gasteiger partial charge in [-0.15, -0.1) is 11.3 Å². The molecular weight excluding hydrogens is 270 g/mol. The second-order valence-corrected chi connectivity index (χ2v) is 6.65. The fourth-order valence-electron chi connectivity index (χ4n) is 2.97. The highest BCUT2D eigenvalue weighted by Crippen LogP contribution is 2.27. The van der Waals surface area contributed by atoms with E-state index in [1.165, 1.54) is 17.7 Å². The number of hydrogen-bond acceptors (Lipinski definition) is 5. The SMILES string of the molecule is CCN(CC)c1ncc(CN2CCCCC2C(C)O)s1. The van der Waals surface area contributed by atoms with Crippen LogP contribution in [-0.2, 0) is 6.54 Å². The maximum atomic E-state index is 9.93. The van der Waals surface area contributed by atoms with E-state index in [0.717, 1.165) is 37.7 Å². The molecule has 1 aliphatic heterocycles. The largest absolute Gasteiger partial charge is 0.392 e. The van der Waals surface area contributed by atoms with E-state index in [1.54, 1.807) is 11.3 Å². The summed E-state index contributed by atoms with van der Waals surface area (Å²) in [5.74, 6) is 0. The minimum Gasteiger partial charge on any atom is -0.392 e. The Morgan fingerprint density at radius 3 is 2.85 bits per heavy atom. The number of aliphatic hydroxyl groups is 1. The Balaban J connectivity index is 2.01. The van der Waals surface area contributed by atoms with E-state index in [1.807, 2.05) is 13.1 Å². The predicted octanol–water partition coefficient (Wildman–Crippen LogP) is 2.72. The molecule has 2 atom stereocenters. The zero-order valence-electron chi connectivity index (χ0n) is 12.9. The van der Waals surface area contributed by atoms with E-state index in [2.05, 4.69) is 28.6 Å². The van der Waals surface area contributed by atoms with Crippen LogP contribution in [0.5, 0.6) is 0 Å². The molecule has 0 aromatic carbocycles. The number of anilines is 1. The average molecular weight is 297 g/mol. The van der Waals surface area contributed by atoms with E-state index < -0.39 is 0 Å². The van der Waals surface area contributed by atoms with Gasteiger partial charge in [0.15, 0.2) is 5.13 Å². The fraction of sp³-hybridized carbons (Fsp3) is 0.800. The molecule has 0 radical (unpaired) electrons. The first-order chi connectivity index (χ1) is 9.65. The molecule has 0 spiro atoms. The van der Waals surface area contributed by atoms with Crippen LogP contribution in [-0.4, -0.2) is 46.8 Å². The lowest BCUT2D eigenvalue weighted by atomic mass is 9.98. The molecule has 1 aromatic rings. The molecule has 4 nitrogen and oxygen atoms in total. The van der Waals surface area contributed by atoms with Gasteiger partial charge in [-0.3, -0.25) is 4.90 Å². The number of rotatable bonds is 6. The van der Waals surface area contributed by atoms with Crippen LogP contribution < -0.4 is 4.90 Å². The van der Waals surface area contributed by atoms with Crippen molar-refractivity contribution in [3.8, 4) is 0 Å². The number of aliphatic hydroxyl groups excluding tert-OH is 1. The first-order valence-electron chi connectivity index (χ1n) is 7.77. The molecule has 114 valence electrons. The summed E-state index contributed by atoms with van der Waals surface area (Å²) in [5, 5.41) is 11.1. The van der Waals surface area contributed by atoms with Crippen molar-refractivity contribution < 1.29 is 5.11 Å². The molecule has 1 aromatic heterocycles. The smallest absolute Gasteiger partial charge is 0.185 e. The summed E-state index contributed by atoms with van der Waals surface area (Å²) in [6.07, 6.45) is 5.35. The summed E-state index contributed by atoms with van der Waals surface area (Å²) < 4.78 is 0. The summed E-state index contributed by atoms with van der Waals surface area (Å²) in [4.78, 5) is 10.6. The fourth-order valence-corrected chi connectivity index (χ4v) is 4.03. The number of likely N-dealkylation sites (tertiary alicyclic amines) is 1. The van der Waals surface area contributed by atoms with E-state index in [9.17, 15) is 5.11 Å². The van der Waals surface area contributed by atoms with Gasteiger partial charge in [-0.25, -0.2) is 4.98 Å². The Kier molecular flexibility index (Phi) is 5.81. The van der Waals surface area contributed by atoms with Crippen LogP contribution in [0.4, 0.5) is 5.13 Å². The van der Waals surface area contributed by atoms with Crippen molar-refractivity contribution in [3.05, 3.63) is 11.1 Å². The van der Waals surface area contributed by atoms with Gasteiger partial charge in [0.05, 0.1) is 6.10 Å². The summed E-state index contributed by atoms with van der Waals surface area (Å²) in [7, 11) is 0. The summed E-state index contributed by atoms with van der Waals surface area (Å²) in [6, 6.07) is 0.308. The van der Waals surface area contributed by atoms with Crippen LogP contribution in [0.3, 0.4) is 0 Å². The molecule has 0 saturated carbocycles. The lowest BCUT2D eigenvalue weighted by Crippen LogP contribution is -2.45. The molecule has 1 aliphatic rings. The molecule has 2 heterocycles. The molecule has 0 aliphatic carbocycles. The van der Waals surface area contributed by atoms with Crippen molar-refractivity contribution in [3.63, 3.8) is 0 Å². The Morgan fingerprint density at radius 1 is 1.45 bits per heavy atom. The summed E-state index contributed by atoms with van der Waals surface area (Å²) >= 11 is 1.79. The highest BCUT2D eigenvalue weighted by molar-refractivity contribution is 7.15. The number of hydrogen-bond donors (Lipinski definition) is 1. The molecule has 1 fully saturated rings. The van der Waals surface area contributed by atoms with Gasteiger partial charge in [-0.05, 0) is 40.2 Å². The molecule has 0 amide bonds. The first kappa shape index (κ1) is 15.7. The van der Waals surface area contributed by atoms with E-state index in [4.69, 9.17) is 0 Å². The Bertz CT molecular complexity index is 404. The summed E-state index contributed by atoms with van der Waals surface area (Å²) in [6.45, 7) is 10.3. The van der Waals surface area contributed by atoms with Crippen LogP contribution >= 0.6 is 11.3 Å². The maximum Gasteiger partial charge on any atom is 0.185 e. The Hall–Kier alpha value is -0.650. The van der Waals surface area contributed by atoms with Crippen LogP contribution in [0, 0.1) is 0 Å². The van der Waals surface area contributed by atoms with E-state index in [0.29, 0.717) is 6.04 Å². The second-order valence-electron chi connectivity index (χ2n) is 5.56. The molecule has 2 unspecified atom stereocenters. The third-order valence-electron chi connectivity index (χ3n) is 4.16. The van der Waals surface area contributed by atoms with Gasteiger partial charge < -0.3 is 10.0 Å². The highest BCUT2D eigenvalue weighted by atomic mass is 32.1. The average Bonchev–Trinajstić information content (AvgIpc) is 2.89. The number of thiazole rings is 1. The molecular formula is C15H27N3OS. The second kappa shape index (κ2) is 7.38. The zero-order valence-corrected chi connectivity index (χ0v) is 13.7. The van der Waals surface area contributed by atoms with Crippen molar-refractivity contribution in [2.75, 3.05) is 24.5 Å². The standard InChI is InChI=1S/C15H27N3OS/c1-4-17(5-2)15-16-10-13(20-15)11-18-9-7-6-8-14(18)12(3)19/h10,12,14,19H,4-9,11H2,1-3H3. The van der Waals surface area contributed by atoms with Gasteiger partial charge in [0.25, 0.3) is 0 Å². The van der Waals surface area contributed by atoms with Gasteiger partial charge in [0.1, 0.15) is 0 Å². The van der Waals surface area contributed by atoms with E-state index in [-0.39, 0.29) is 6.10 Å². The molecule has 20 heavy (non-hydrogen) atoms. The monoisotopic (exact) mass is 297 g/mol. The zero-order chi connectivity index (χ0) is 14.5. The number of piperidine rings is 1. The van der Waals surface area contributed by atoms with Crippen molar-refractivity contribution >= 4 is 16.5 Å². The molecule has 2 rings (SSSR count). The minimum absolute atomic E-state index is 0.245. The van der Waals surface area contributed by atoms with Crippen LogP contribution in [0.15, 0.2) is 6.20 Å². The van der Waals surface area contributed by atoms with Crippen LogP contribution in [0.2, 0.25) is 0 Å². The quantitative estimate of drug-likeness (QED) is 0.876. The van der Waals surface area contributed by atoms with Crippen molar-refractivity contribution in [1.29, 1.82) is 0 Å². The lowest BCUT2D eigenvalue weighted by molar-refractivity contribution is 0.0322. The van der Waals surface area contributed by atoms with Gasteiger partial charge in [-0.2, -0.15) is 0 Å². The van der Waals surface area contributed by atoms with Crippen molar-refractivity contribution in [2.24, 2.45) is 0 Å². The van der Waals surface area contributed by atoms with Gasteiger partial charge in [-0.1, -0.05) is 6.42 Å². The molecule has 5 heteroatoms. The predicted molar refractivity (Wildman–Crippen MR) is 85.4 cm³/mol. The van der Waals surface area contributed by atoms with Crippen LogP contribution in [0.1, 0.15) is 44.9 Å². The Labute approximate surface area is 126 Å².